The number of nitrogens with one attached hydrogen (secondary N) is 1. The molecule has 0 aliphatic rings. The van der Waals surface area contributed by atoms with Crippen LogP contribution in [-0.2, 0) is 6.42 Å². The Kier molecular flexibility index (Phi) is 4.19. The lowest BCUT2D eigenvalue weighted by atomic mass is 10.1. The quantitative estimate of drug-likeness (QED) is 0.827. The first-order chi connectivity index (χ1) is 7.90. The summed E-state index contributed by atoms with van der Waals surface area (Å²) in [6.07, 6.45) is 3.81. The molecule has 0 aromatic carbocycles. The van der Waals surface area contributed by atoms with E-state index in [9.17, 15) is 0 Å². The normalized spacial score (nSPS) is 12.8. The second-order valence-corrected chi connectivity index (χ2v) is 4.63. The number of furan rings is 1. The van der Waals surface area contributed by atoms with E-state index >= 15 is 0 Å². The van der Waals surface area contributed by atoms with Crippen molar-refractivity contribution in [3.8, 4) is 0 Å². The molecule has 1 N–H and O–H groups in total. The molecule has 86 valence electrons. The van der Waals surface area contributed by atoms with Gasteiger partial charge in [-0.25, -0.2) is 0 Å². The molecular weight excluding hydrogens is 218 g/mol. The minimum absolute atomic E-state index is 0.373. The maximum atomic E-state index is 5.41. The van der Waals surface area contributed by atoms with Crippen LogP contribution < -0.4 is 5.32 Å². The van der Waals surface area contributed by atoms with E-state index in [1.807, 2.05) is 12.1 Å². The van der Waals surface area contributed by atoms with Gasteiger partial charge < -0.3 is 9.73 Å². The van der Waals surface area contributed by atoms with E-state index in [0.29, 0.717) is 6.04 Å². The van der Waals surface area contributed by atoms with Crippen LogP contribution in [0.4, 0.5) is 0 Å². The van der Waals surface area contributed by atoms with Crippen LogP contribution in [0.3, 0.4) is 0 Å². The summed E-state index contributed by atoms with van der Waals surface area (Å²) in [5.74, 6) is 1.04. The molecule has 2 aromatic rings. The molecule has 0 aliphatic carbocycles. The average Bonchev–Trinajstić information content (AvgIpc) is 2.96. The molecule has 3 heteroatoms. The largest absolute Gasteiger partial charge is 0.469 e. The van der Waals surface area contributed by atoms with Crippen molar-refractivity contribution in [2.24, 2.45) is 0 Å². The summed E-state index contributed by atoms with van der Waals surface area (Å²) in [6.45, 7) is 3.23. The van der Waals surface area contributed by atoms with Crippen molar-refractivity contribution in [2.45, 2.75) is 25.8 Å². The molecule has 0 amide bonds. The van der Waals surface area contributed by atoms with Gasteiger partial charge in [-0.05, 0) is 47.5 Å². The van der Waals surface area contributed by atoms with E-state index in [2.05, 4.69) is 29.1 Å². The van der Waals surface area contributed by atoms with Gasteiger partial charge in [0.25, 0.3) is 0 Å². The molecule has 0 aliphatic heterocycles. The summed E-state index contributed by atoms with van der Waals surface area (Å²) < 4.78 is 5.41. The van der Waals surface area contributed by atoms with Gasteiger partial charge >= 0.3 is 0 Å². The van der Waals surface area contributed by atoms with Crippen molar-refractivity contribution in [1.82, 2.24) is 5.32 Å². The Morgan fingerprint density at radius 2 is 2.38 bits per heavy atom. The monoisotopic (exact) mass is 235 g/mol. The van der Waals surface area contributed by atoms with Crippen molar-refractivity contribution >= 4 is 11.3 Å². The second-order valence-electron chi connectivity index (χ2n) is 3.85. The molecule has 2 nitrogen and oxygen atoms in total. The van der Waals surface area contributed by atoms with E-state index < -0.39 is 0 Å². The van der Waals surface area contributed by atoms with Gasteiger partial charge in [-0.2, -0.15) is 11.3 Å². The average molecular weight is 235 g/mol. The van der Waals surface area contributed by atoms with Crippen LogP contribution in [0, 0.1) is 0 Å². The topological polar surface area (TPSA) is 25.2 Å². The Bertz CT molecular complexity index is 380. The van der Waals surface area contributed by atoms with E-state index in [0.717, 1.165) is 25.1 Å². The molecule has 1 atom stereocenters. The van der Waals surface area contributed by atoms with E-state index in [-0.39, 0.29) is 0 Å². The van der Waals surface area contributed by atoms with Crippen molar-refractivity contribution < 1.29 is 4.42 Å². The van der Waals surface area contributed by atoms with E-state index in [1.165, 1.54) is 5.56 Å². The molecule has 2 rings (SSSR count). The SMILES string of the molecule is CCCNC(Cc1ccco1)c1ccsc1. The highest BCUT2D eigenvalue weighted by atomic mass is 32.1. The third-order valence-corrected chi connectivity index (χ3v) is 3.27. The molecule has 0 saturated heterocycles. The minimum atomic E-state index is 0.373. The first-order valence-electron chi connectivity index (χ1n) is 5.68. The third-order valence-electron chi connectivity index (χ3n) is 2.57. The first kappa shape index (κ1) is 11.4. The van der Waals surface area contributed by atoms with E-state index in [4.69, 9.17) is 4.42 Å². The summed E-state index contributed by atoms with van der Waals surface area (Å²) >= 11 is 1.74. The highest BCUT2D eigenvalue weighted by molar-refractivity contribution is 7.07. The van der Waals surface area contributed by atoms with Gasteiger partial charge in [0.05, 0.1) is 6.26 Å². The van der Waals surface area contributed by atoms with Crippen molar-refractivity contribution in [3.63, 3.8) is 0 Å². The fraction of sp³-hybridized carbons (Fsp3) is 0.385. The summed E-state index contributed by atoms with van der Waals surface area (Å²) in [5.41, 5.74) is 1.36. The summed E-state index contributed by atoms with van der Waals surface area (Å²) in [7, 11) is 0. The van der Waals surface area contributed by atoms with Gasteiger partial charge in [0.2, 0.25) is 0 Å². The number of hydrogen-bond acceptors (Lipinski definition) is 3. The molecule has 2 heterocycles. The molecule has 16 heavy (non-hydrogen) atoms. The second kappa shape index (κ2) is 5.87. The first-order valence-corrected chi connectivity index (χ1v) is 6.62. The standard InChI is InChI=1S/C13H17NOS/c1-2-6-14-13(11-5-8-16-10-11)9-12-4-3-7-15-12/h3-5,7-8,10,13-14H,2,6,9H2,1H3. The smallest absolute Gasteiger partial charge is 0.105 e. The van der Waals surface area contributed by atoms with Crippen LogP contribution in [0.15, 0.2) is 39.6 Å². The van der Waals surface area contributed by atoms with Gasteiger partial charge in [0, 0.05) is 12.5 Å². The molecule has 0 bridgehead atoms. The zero-order valence-corrected chi connectivity index (χ0v) is 10.3. The minimum Gasteiger partial charge on any atom is -0.469 e. The van der Waals surface area contributed by atoms with Gasteiger partial charge in [0.1, 0.15) is 5.76 Å². The fourth-order valence-corrected chi connectivity index (χ4v) is 2.44. The van der Waals surface area contributed by atoms with Crippen molar-refractivity contribution in [1.29, 1.82) is 0 Å². The van der Waals surface area contributed by atoms with Gasteiger partial charge in [-0.1, -0.05) is 6.92 Å². The zero-order chi connectivity index (χ0) is 11.2. The highest BCUT2D eigenvalue weighted by Crippen LogP contribution is 2.21. The summed E-state index contributed by atoms with van der Waals surface area (Å²) in [5, 5.41) is 7.88. The van der Waals surface area contributed by atoms with Crippen molar-refractivity contribution in [3.05, 3.63) is 46.5 Å². The Morgan fingerprint density at radius 3 is 3.00 bits per heavy atom. The Hall–Kier alpha value is -1.06. The Balaban J connectivity index is 2.03. The number of thiophene rings is 1. The van der Waals surface area contributed by atoms with Gasteiger partial charge in [-0.3, -0.25) is 0 Å². The van der Waals surface area contributed by atoms with Crippen LogP contribution >= 0.6 is 11.3 Å². The van der Waals surface area contributed by atoms with Crippen LogP contribution in [-0.4, -0.2) is 6.54 Å². The van der Waals surface area contributed by atoms with Crippen LogP contribution in [0.2, 0.25) is 0 Å². The Morgan fingerprint density at radius 1 is 1.44 bits per heavy atom. The molecule has 0 saturated carbocycles. The lowest BCUT2D eigenvalue weighted by molar-refractivity contribution is 0.449. The van der Waals surface area contributed by atoms with Crippen LogP contribution in [0.25, 0.3) is 0 Å². The predicted octanol–water partition coefficient (Wildman–Crippen LogP) is 3.62. The number of hydrogen-bond donors (Lipinski definition) is 1. The third kappa shape index (κ3) is 2.97. The molecule has 1 unspecified atom stereocenters. The maximum absolute atomic E-state index is 5.41. The van der Waals surface area contributed by atoms with Crippen LogP contribution in [0.1, 0.15) is 30.7 Å². The number of rotatable bonds is 6. The highest BCUT2D eigenvalue weighted by Gasteiger charge is 2.13. The lowest BCUT2D eigenvalue weighted by Gasteiger charge is -2.16. The molecule has 0 spiro atoms. The maximum Gasteiger partial charge on any atom is 0.105 e. The summed E-state index contributed by atoms with van der Waals surface area (Å²) in [6, 6.07) is 6.53. The fourth-order valence-electron chi connectivity index (χ4n) is 1.73. The Labute approximate surface area is 100 Å². The zero-order valence-electron chi connectivity index (χ0n) is 9.48. The van der Waals surface area contributed by atoms with Crippen molar-refractivity contribution in [2.75, 3.05) is 6.54 Å². The lowest BCUT2D eigenvalue weighted by Crippen LogP contribution is -2.23. The predicted molar refractivity (Wildman–Crippen MR) is 67.8 cm³/mol. The molecule has 2 aromatic heterocycles. The van der Waals surface area contributed by atoms with Gasteiger partial charge in [-0.15, -0.1) is 0 Å². The molecule has 0 radical (unpaired) electrons. The molecular formula is C13H17NOS. The summed E-state index contributed by atoms with van der Waals surface area (Å²) in [4.78, 5) is 0. The van der Waals surface area contributed by atoms with Gasteiger partial charge in [0.15, 0.2) is 0 Å². The van der Waals surface area contributed by atoms with Crippen LogP contribution in [0.5, 0.6) is 0 Å². The van der Waals surface area contributed by atoms with E-state index in [1.54, 1.807) is 17.6 Å². The molecule has 0 fully saturated rings.